The Bertz CT molecular complexity index is 1020. The molecule has 1 amide bonds. The van der Waals surface area contributed by atoms with Crippen LogP contribution in [0.2, 0.25) is 0 Å². The summed E-state index contributed by atoms with van der Waals surface area (Å²) in [6.45, 7) is -1.63. The van der Waals surface area contributed by atoms with Crippen LogP contribution in [-0.2, 0) is 34.5 Å². The first kappa shape index (κ1) is 22.9. The predicted octanol–water partition coefficient (Wildman–Crippen LogP) is 2.39. The number of phosphoric acid groups is 1. The summed E-state index contributed by atoms with van der Waals surface area (Å²) in [4.78, 5) is 23.6. The van der Waals surface area contributed by atoms with Gasteiger partial charge in [0.05, 0.1) is 19.6 Å². The zero-order valence-electron chi connectivity index (χ0n) is 16.0. The fraction of sp³-hybridized carbons (Fsp3) is 0.444. The third-order valence-corrected chi connectivity index (χ3v) is 6.48. The highest BCUT2D eigenvalue weighted by Gasteiger charge is 2.64. The van der Waals surface area contributed by atoms with Gasteiger partial charge in [-0.2, -0.15) is 0 Å². The Labute approximate surface area is 178 Å². The maximum absolute atomic E-state index is 14.9. The fourth-order valence-electron chi connectivity index (χ4n) is 3.41. The SMILES string of the molecule is O=C1CC(=O)N([C@@H]2O[C@@](COP3(=O)OCc4ccccc4O3)(C(F)F)[C@H](F)[C@H]2O)C=C1F. The molecule has 1 aromatic rings. The van der Waals surface area contributed by atoms with Gasteiger partial charge in [0.25, 0.3) is 6.43 Å². The molecule has 0 bridgehead atoms. The second kappa shape index (κ2) is 8.23. The number of alkyl halides is 3. The van der Waals surface area contributed by atoms with E-state index in [-0.39, 0.29) is 12.4 Å². The molecule has 0 spiro atoms. The van der Waals surface area contributed by atoms with E-state index in [1.54, 1.807) is 18.2 Å². The van der Waals surface area contributed by atoms with Crippen molar-refractivity contribution < 1.29 is 55.1 Å². The highest BCUT2D eigenvalue weighted by Crippen LogP contribution is 2.56. The molecular weight excluding hydrogens is 465 g/mol. The Morgan fingerprint density at radius 3 is 2.75 bits per heavy atom. The summed E-state index contributed by atoms with van der Waals surface area (Å²) in [5.41, 5.74) is -2.69. The van der Waals surface area contributed by atoms with Gasteiger partial charge >= 0.3 is 7.82 Å². The number of ether oxygens (including phenoxy) is 1. The van der Waals surface area contributed by atoms with Gasteiger partial charge in [0.1, 0.15) is 11.9 Å². The van der Waals surface area contributed by atoms with Crippen molar-refractivity contribution in [2.24, 2.45) is 0 Å². The van der Waals surface area contributed by atoms with Gasteiger partial charge < -0.3 is 14.4 Å². The van der Waals surface area contributed by atoms with Gasteiger partial charge in [-0.3, -0.25) is 23.5 Å². The number of phosphoric ester groups is 1. The number of para-hydroxylation sites is 1. The summed E-state index contributed by atoms with van der Waals surface area (Å²) < 4.78 is 89.1. The minimum Gasteiger partial charge on any atom is -0.404 e. The number of carbonyl (C=O) groups excluding carboxylic acids is 2. The van der Waals surface area contributed by atoms with Crippen molar-refractivity contribution in [1.29, 1.82) is 0 Å². The number of fused-ring (bicyclic) bond motifs is 1. The summed E-state index contributed by atoms with van der Waals surface area (Å²) in [6, 6.07) is 6.25. The fourth-order valence-corrected chi connectivity index (χ4v) is 4.66. The number of Topliss-reactive ketones (excluding diaryl/α,β-unsaturated/α-hetero) is 1. The number of aliphatic hydroxyl groups is 1. The zero-order valence-corrected chi connectivity index (χ0v) is 16.9. The average Bonchev–Trinajstić information content (AvgIpc) is 3.01. The van der Waals surface area contributed by atoms with Crippen LogP contribution >= 0.6 is 7.82 Å². The van der Waals surface area contributed by atoms with Gasteiger partial charge in [0.2, 0.25) is 11.7 Å². The smallest absolute Gasteiger partial charge is 0.404 e. The van der Waals surface area contributed by atoms with E-state index in [1.165, 1.54) is 6.07 Å². The van der Waals surface area contributed by atoms with Crippen molar-refractivity contribution in [1.82, 2.24) is 4.90 Å². The highest BCUT2D eigenvalue weighted by atomic mass is 31.2. The molecule has 3 aliphatic heterocycles. The first-order valence-corrected chi connectivity index (χ1v) is 10.7. The largest absolute Gasteiger partial charge is 0.530 e. The molecule has 4 rings (SSSR count). The number of rotatable bonds is 5. The standard InChI is InChI=1S/C18H16F4NO8P/c19-10-6-23(13(25)5-11(10)24)16-14(26)15(20)18(30-16,17(21)22)8-29-32(27)28-7-9-3-1-2-4-12(9)31-32/h1-4,6,14-17,26H,5,7-8H2/t14-,15-,16-,18-,32?/m1/s1. The van der Waals surface area contributed by atoms with Crippen molar-refractivity contribution in [2.75, 3.05) is 6.61 Å². The van der Waals surface area contributed by atoms with E-state index < -0.39 is 68.9 Å². The quantitative estimate of drug-likeness (QED) is 0.388. The van der Waals surface area contributed by atoms with Crippen molar-refractivity contribution >= 4 is 19.5 Å². The van der Waals surface area contributed by atoms with Gasteiger partial charge in [-0.1, -0.05) is 18.2 Å². The number of allylic oxidation sites excluding steroid dienone is 1. The molecule has 9 nitrogen and oxygen atoms in total. The van der Waals surface area contributed by atoms with Gasteiger partial charge in [0, 0.05) is 11.8 Å². The topological polar surface area (TPSA) is 112 Å². The van der Waals surface area contributed by atoms with E-state index in [4.69, 9.17) is 18.3 Å². The normalized spacial score (nSPS) is 35.0. The second-order valence-electron chi connectivity index (χ2n) is 7.23. The van der Waals surface area contributed by atoms with E-state index in [0.717, 1.165) is 0 Å². The van der Waals surface area contributed by atoms with Crippen LogP contribution in [-0.4, -0.2) is 58.8 Å². The first-order chi connectivity index (χ1) is 15.1. The van der Waals surface area contributed by atoms with Crippen LogP contribution in [0, 0.1) is 0 Å². The number of amides is 1. The van der Waals surface area contributed by atoms with Crippen molar-refractivity contribution in [3.05, 3.63) is 41.9 Å². The van der Waals surface area contributed by atoms with Crippen LogP contribution in [0.5, 0.6) is 5.75 Å². The minimum atomic E-state index is -4.47. The Balaban J connectivity index is 1.55. The summed E-state index contributed by atoms with van der Waals surface area (Å²) in [6.07, 6.45) is -11.6. The predicted molar refractivity (Wildman–Crippen MR) is 95.6 cm³/mol. The minimum absolute atomic E-state index is 0.111. The van der Waals surface area contributed by atoms with Crippen LogP contribution in [0.1, 0.15) is 12.0 Å². The Morgan fingerprint density at radius 1 is 1.31 bits per heavy atom. The molecule has 1 fully saturated rings. The molecule has 14 heteroatoms. The van der Waals surface area contributed by atoms with Crippen molar-refractivity contribution in [3.8, 4) is 5.75 Å². The summed E-state index contributed by atoms with van der Waals surface area (Å²) >= 11 is 0. The number of halogens is 4. The number of nitrogens with zero attached hydrogens (tertiary/aromatic N) is 1. The Hall–Kier alpha value is -2.31. The molecule has 0 saturated carbocycles. The van der Waals surface area contributed by atoms with Crippen LogP contribution in [0.15, 0.2) is 36.3 Å². The lowest BCUT2D eigenvalue weighted by Gasteiger charge is -2.33. The number of carbonyl (C=O) groups is 2. The summed E-state index contributed by atoms with van der Waals surface area (Å²) in [7, 11) is -4.47. The lowest BCUT2D eigenvalue weighted by molar-refractivity contribution is -0.194. The average molecular weight is 481 g/mol. The molecule has 32 heavy (non-hydrogen) atoms. The second-order valence-corrected chi connectivity index (χ2v) is 8.82. The van der Waals surface area contributed by atoms with Gasteiger partial charge in [-0.05, 0) is 6.07 Å². The van der Waals surface area contributed by atoms with Gasteiger partial charge in [-0.25, -0.2) is 22.1 Å². The highest BCUT2D eigenvalue weighted by molar-refractivity contribution is 7.49. The van der Waals surface area contributed by atoms with E-state index in [0.29, 0.717) is 16.7 Å². The van der Waals surface area contributed by atoms with E-state index in [2.05, 4.69) is 0 Å². The number of hydrogen-bond acceptors (Lipinski definition) is 8. The Kier molecular flexibility index (Phi) is 5.88. The van der Waals surface area contributed by atoms with E-state index >= 15 is 0 Å². The molecular formula is C18H16F4NO8P. The molecule has 3 heterocycles. The number of benzene rings is 1. The zero-order chi connectivity index (χ0) is 23.3. The van der Waals surface area contributed by atoms with Crippen molar-refractivity contribution in [3.63, 3.8) is 0 Å². The molecule has 0 aromatic heterocycles. The Morgan fingerprint density at radius 2 is 2.03 bits per heavy atom. The number of ketones is 1. The molecule has 5 atom stereocenters. The monoisotopic (exact) mass is 481 g/mol. The lowest BCUT2D eigenvalue weighted by atomic mass is 9.98. The van der Waals surface area contributed by atoms with Gasteiger partial charge in [-0.15, -0.1) is 0 Å². The van der Waals surface area contributed by atoms with Crippen LogP contribution in [0.3, 0.4) is 0 Å². The molecule has 0 aliphatic carbocycles. The summed E-state index contributed by atoms with van der Waals surface area (Å²) in [5, 5.41) is 10.1. The maximum Gasteiger partial charge on any atom is 0.530 e. The molecule has 0 radical (unpaired) electrons. The van der Waals surface area contributed by atoms with E-state index in [9.17, 15) is 36.8 Å². The van der Waals surface area contributed by atoms with Crippen LogP contribution < -0.4 is 4.52 Å². The summed E-state index contributed by atoms with van der Waals surface area (Å²) in [5.74, 6) is -3.54. The maximum atomic E-state index is 14.9. The first-order valence-electron chi connectivity index (χ1n) is 9.23. The molecule has 1 aromatic carbocycles. The molecule has 1 unspecified atom stereocenters. The van der Waals surface area contributed by atoms with Crippen LogP contribution in [0.25, 0.3) is 0 Å². The third-order valence-electron chi connectivity index (χ3n) is 5.17. The third kappa shape index (κ3) is 3.84. The molecule has 1 saturated heterocycles. The lowest BCUT2D eigenvalue weighted by Crippen LogP contribution is -2.50. The molecule has 1 N–H and O–H groups in total. The number of aliphatic hydroxyl groups excluding tert-OH is 1. The van der Waals surface area contributed by atoms with E-state index in [1.807, 2.05) is 0 Å². The molecule has 174 valence electrons. The van der Waals surface area contributed by atoms with Gasteiger partial charge in [0.15, 0.2) is 23.8 Å². The number of hydrogen-bond donors (Lipinski definition) is 1. The molecule has 3 aliphatic rings. The van der Waals surface area contributed by atoms with Crippen LogP contribution in [0.4, 0.5) is 17.6 Å². The van der Waals surface area contributed by atoms with Crippen molar-refractivity contribution in [2.45, 2.75) is 43.6 Å².